The molecule has 2 heterocycles. The van der Waals surface area contributed by atoms with E-state index in [0.29, 0.717) is 17.9 Å². The SMILES string of the molecule is COc1ccc2nc(CN3CCN(CC(=O)Nc4cccc(NC(C)=O)c4)CC3)[nH]c2c1. The number of rotatable bonds is 7. The van der Waals surface area contributed by atoms with Crippen LogP contribution in [-0.2, 0) is 16.1 Å². The van der Waals surface area contributed by atoms with Gasteiger partial charge in [-0.05, 0) is 30.3 Å². The minimum atomic E-state index is -0.145. The molecule has 2 aromatic carbocycles. The van der Waals surface area contributed by atoms with Crippen molar-refractivity contribution >= 4 is 34.2 Å². The summed E-state index contributed by atoms with van der Waals surface area (Å²) in [5.41, 5.74) is 3.23. The van der Waals surface area contributed by atoms with E-state index in [9.17, 15) is 9.59 Å². The van der Waals surface area contributed by atoms with Crippen molar-refractivity contribution in [3.63, 3.8) is 0 Å². The second kappa shape index (κ2) is 9.80. The maximum Gasteiger partial charge on any atom is 0.238 e. The van der Waals surface area contributed by atoms with Crippen molar-refractivity contribution in [2.24, 2.45) is 0 Å². The van der Waals surface area contributed by atoms with Crippen LogP contribution in [0.25, 0.3) is 11.0 Å². The predicted molar refractivity (Wildman–Crippen MR) is 124 cm³/mol. The summed E-state index contributed by atoms with van der Waals surface area (Å²) >= 11 is 0. The number of hydrogen-bond donors (Lipinski definition) is 3. The number of methoxy groups -OCH3 is 1. The van der Waals surface area contributed by atoms with Gasteiger partial charge in [-0.2, -0.15) is 0 Å². The Bertz CT molecular complexity index is 1100. The first-order chi connectivity index (χ1) is 15.5. The van der Waals surface area contributed by atoms with Gasteiger partial charge in [-0.25, -0.2) is 4.98 Å². The molecule has 9 nitrogen and oxygen atoms in total. The van der Waals surface area contributed by atoms with Crippen LogP contribution in [0.1, 0.15) is 12.7 Å². The number of aromatic nitrogens is 2. The maximum atomic E-state index is 12.5. The largest absolute Gasteiger partial charge is 0.497 e. The lowest BCUT2D eigenvalue weighted by molar-refractivity contribution is -0.117. The molecule has 0 spiro atoms. The van der Waals surface area contributed by atoms with Crippen molar-refractivity contribution in [2.75, 3.05) is 50.5 Å². The Morgan fingerprint density at radius 3 is 2.47 bits per heavy atom. The summed E-state index contributed by atoms with van der Waals surface area (Å²) in [7, 11) is 1.65. The number of anilines is 2. The summed E-state index contributed by atoms with van der Waals surface area (Å²) in [6.45, 7) is 5.89. The highest BCUT2D eigenvalue weighted by Gasteiger charge is 2.20. The van der Waals surface area contributed by atoms with Crippen LogP contribution < -0.4 is 15.4 Å². The lowest BCUT2D eigenvalue weighted by Gasteiger charge is -2.33. The quantitative estimate of drug-likeness (QED) is 0.525. The lowest BCUT2D eigenvalue weighted by atomic mass is 10.2. The summed E-state index contributed by atoms with van der Waals surface area (Å²) in [6, 6.07) is 13.0. The molecule has 4 rings (SSSR count). The number of nitrogens with zero attached hydrogens (tertiary/aromatic N) is 3. The van der Waals surface area contributed by atoms with Crippen molar-refractivity contribution in [3.8, 4) is 5.75 Å². The van der Waals surface area contributed by atoms with E-state index in [0.717, 1.165) is 55.3 Å². The van der Waals surface area contributed by atoms with E-state index in [1.165, 1.54) is 6.92 Å². The summed E-state index contributed by atoms with van der Waals surface area (Å²) in [5.74, 6) is 1.53. The van der Waals surface area contributed by atoms with Gasteiger partial charge in [0.15, 0.2) is 0 Å². The summed E-state index contributed by atoms with van der Waals surface area (Å²) in [4.78, 5) is 36.2. The van der Waals surface area contributed by atoms with Gasteiger partial charge in [0.25, 0.3) is 0 Å². The molecule has 32 heavy (non-hydrogen) atoms. The van der Waals surface area contributed by atoms with Gasteiger partial charge in [0.1, 0.15) is 11.6 Å². The number of imidazole rings is 1. The third kappa shape index (κ3) is 5.63. The van der Waals surface area contributed by atoms with Gasteiger partial charge < -0.3 is 20.4 Å². The number of aromatic amines is 1. The number of amides is 2. The van der Waals surface area contributed by atoms with Gasteiger partial charge in [-0.1, -0.05) is 6.07 Å². The second-order valence-electron chi connectivity index (χ2n) is 7.93. The second-order valence-corrected chi connectivity index (χ2v) is 7.93. The number of hydrogen-bond acceptors (Lipinski definition) is 6. The maximum absolute atomic E-state index is 12.5. The van der Waals surface area contributed by atoms with E-state index >= 15 is 0 Å². The molecule has 0 saturated carbocycles. The first-order valence-electron chi connectivity index (χ1n) is 10.6. The highest BCUT2D eigenvalue weighted by molar-refractivity contribution is 5.94. The zero-order valence-corrected chi connectivity index (χ0v) is 18.4. The molecule has 0 atom stereocenters. The molecule has 3 N–H and O–H groups in total. The fourth-order valence-electron chi connectivity index (χ4n) is 3.84. The van der Waals surface area contributed by atoms with E-state index in [2.05, 4.69) is 30.4 Å². The van der Waals surface area contributed by atoms with Crippen molar-refractivity contribution in [1.29, 1.82) is 0 Å². The topological polar surface area (TPSA) is 103 Å². The van der Waals surface area contributed by atoms with E-state index < -0.39 is 0 Å². The van der Waals surface area contributed by atoms with Crippen LogP contribution in [-0.4, -0.2) is 71.4 Å². The van der Waals surface area contributed by atoms with Crippen LogP contribution in [0.4, 0.5) is 11.4 Å². The number of carbonyl (C=O) groups is 2. The first kappa shape index (κ1) is 21.8. The number of piperazine rings is 1. The molecule has 0 radical (unpaired) electrons. The Morgan fingerprint density at radius 2 is 1.75 bits per heavy atom. The van der Waals surface area contributed by atoms with Crippen molar-refractivity contribution in [1.82, 2.24) is 19.8 Å². The highest BCUT2D eigenvalue weighted by Crippen LogP contribution is 2.19. The number of H-pyrrole nitrogens is 1. The van der Waals surface area contributed by atoms with Crippen LogP contribution in [0.3, 0.4) is 0 Å². The van der Waals surface area contributed by atoms with Gasteiger partial charge >= 0.3 is 0 Å². The highest BCUT2D eigenvalue weighted by atomic mass is 16.5. The molecule has 1 saturated heterocycles. The monoisotopic (exact) mass is 436 g/mol. The van der Waals surface area contributed by atoms with Crippen molar-refractivity contribution in [3.05, 3.63) is 48.3 Å². The number of ether oxygens (including phenoxy) is 1. The average Bonchev–Trinajstić information content (AvgIpc) is 3.16. The summed E-state index contributed by atoms with van der Waals surface area (Å²) < 4.78 is 5.27. The fourth-order valence-corrected chi connectivity index (χ4v) is 3.84. The van der Waals surface area contributed by atoms with Crippen LogP contribution in [0, 0.1) is 0 Å². The molecule has 2 amide bonds. The van der Waals surface area contributed by atoms with E-state index in [-0.39, 0.29) is 11.8 Å². The number of benzene rings is 2. The number of fused-ring (bicyclic) bond motifs is 1. The van der Waals surface area contributed by atoms with Crippen molar-refractivity contribution < 1.29 is 14.3 Å². The standard InChI is InChI=1S/C23H28N6O3/c1-16(30)24-17-4-3-5-18(12-17)25-23(31)15-29-10-8-28(9-11-29)14-22-26-20-7-6-19(32-2)13-21(20)27-22/h3-7,12-13H,8-11,14-15H2,1-2H3,(H,24,30)(H,25,31)(H,26,27). The summed E-state index contributed by atoms with van der Waals surface area (Å²) in [6.07, 6.45) is 0. The normalized spacial score (nSPS) is 14.9. The average molecular weight is 437 g/mol. The minimum Gasteiger partial charge on any atom is -0.497 e. The number of nitrogens with one attached hydrogen (secondary N) is 3. The van der Waals surface area contributed by atoms with Gasteiger partial charge in [-0.15, -0.1) is 0 Å². The molecule has 0 unspecified atom stereocenters. The van der Waals surface area contributed by atoms with Crippen molar-refractivity contribution in [2.45, 2.75) is 13.5 Å². The molecule has 1 fully saturated rings. The van der Waals surface area contributed by atoms with E-state index in [4.69, 9.17) is 4.74 Å². The molecule has 9 heteroatoms. The van der Waals surface area contributed by atoms with Crippen LogP contribution in [0.5, 0.6) is 5.75 Å². The Kier molecular flexibility index (Phi) is 6.67. The minimum absolute atomic E-state index is 0.0651. The zero-order chi connectivity index (χ0) is 22.5. The van der Waals surface area contributed by atoms with Gasteiger partial charge in [-0.3, -0.25) is 19.4 Å². The molecule has 3 aromatic rings. The predicted octanol–water partition coefficient (Wildman–Crippen LogP) is 2.29. The first-order valence-corrected chi connectivity index (χ1v) is 10.6. The number of carbonyl (C=O) groups excluding carboxylic acids is 2. The molecule has 1 aromatic heterocycles. The molecule has 0 bridgehead atoms. The fraction of sp³-hybridized carbons (Fsp3) is 0.348. The molecule has 1 aliphatic heterocycles. The smallest absolute Gasteiger partial charge is 0.238 e. The third-order valence-corrected chi connectivity index (χ3v) is 5.41. The van der Waals surface area contributed by atoms with Gasteiger partial charge in [0.05, 0.1) is 31.2 Å². The Balaban J connectivity index is 1.25. The Labute approximate surface area is 186 Å². The van der Waals surface area contributed by atoms with Crippen LogP contribution in [0.15, 0.2) is 42.5 Å². The van der Waals surface area contributed by atoms with E-state index in [1.807, 2.05) is 24.3 Å². The van der Waals surface area contributed by atoms with Gasteiger partial charge in [0, 0.05) is 50.5 Å². The zero-order valence-electron chi connectivity index (χ0n) is 18.4. The van der Waals surface area contributed by atoms with E-state index in [1.54, 1.807) is 25.3 Å². The van der Waals surface area contributed by atoms with Crippen LogP contribution >= 0.6 is 0 Å². The Hall–Kier alpha value is -3.43. The molecule has 0 aliphatic carbocycles. The molecule has 168 valence electrons. The summed E-state index contributed by atoms with van der Waals surface area (Å²) in [5, 5.41) is 5.63. The lowest BCUT2D eigenvalue weighted by Crippen LogP contribution is -2.48. The van der Waals surface area contributed by atoms with Gasteiger partial charge in [0.2, 0.25) is 11.8 Å². The molecular formula is C23H28N6O3. The third-order valence-electron chi connectivity index (χ3n) is 5.41. The molecular weight excluding hydrogens is 408 g/mol. The molecule has 1 aliphatic rings. The Morgan fingerprint density at radius 1 is 1.03 bits per heavy atom. The van der Waals surface area contributed by atoms with Crippen LogP contribution in [0.2, 0.25) is 0 Å².